The molecule has 0 unspecified atom stereocenters. The average molecular weight is 233 g/mol. The standard InChI is InChI=1S/C8H19NO3S.Na.H/c1-4-6-7-8-9(3)12-13(10,11)5-2;;/h4-8H2,1-3H3;;/q;+1;-1. The van der Waals surface area contributed by atoms with Gasteiger partial charge in [-0.3, -0.25) is 0 Å². The molecule has 0 amide bonds. The molecule has 0 fully saturated rings. The second-order valence-electron chi connectivity index (χ2n) is 2.98. The van der Waals surface area contributed by atoms with Gasteiger partial charge in [-0.25, -0.2) is 0 Å². The van der Waals surface area contributed by atoms with Crippen LogP contribution in [0.15, 0.2) is 0 Å². The second kappa shape index (κ2) is 9.12. The van der Waals surface area contributed by atoms with Crippen LogP contribution >= 0.6 is 0 Å². The summed E-state index contributed by atoms with van der Waals surface area (Å²) in [5.74, 6) is 0.0190. The van der Waals surface area contributed by atoms with E-state index in [-0.39, 0.29) is 36.7 Å². The maximum Gasteiger partial charge on any atom is 1.00 e. The van der Waals surface area contributed by atoms with Gasteiger partial charge in [-0.05, 0) is 13.3 Å². The summed E-state index contributed by atoms with van der Waals surface area (Å²) in [6.07, 6.45) is 3.18. The van der Waals surface area contributed by atoms with Crippen molar-refractivity contribution >= 4 is 10.1 Å². The van der Waals surface area contributed by atoms with Crippen LogP contribution in [0.4, 0.5) is 0 Å². The molecule has 0 heterocycles. The molecule has 0 aromatic rings. The van der Waals surface area contributed by atoms with Gasteiger partial charge in [0.05, 0.1) is 5.75 Å². The van der Waals surface area contributed by atoms with Crippen LogP contribution in [0, 0.1) is 0 Å². The minimum atomic E-state index is -3.33. The molecule has 0 aromatic carbocycles. The maximum absolute atomic E-state index is 11.0. The van der Waals surface area contributed by atoms with Crippen LogP contribution < -0.4 is 29.6 Å². The van der Waals surface area contributed by atoms with E-state index in [0.717, 1.165) is 19.3 Å². The average Bonchev–Trinajstić information content (AvgIpc) is 2.04. The third-order valence-electron chi connectivity index (χ3n) is 1.67. The zero-order chi connectivity index (χ0) is 10.3. The van der Waals surface area contributed by atoms with E-state index in [1.165, 1.54) is 5.06 Å². The van der Waals surface area contributed by atoms with E-state index in [1.54, 1.807) is 14.0 Å². The quantitative estimate of drug-likeness (QED) is 0.305. The van der Waals surface area contributed by atoms with Gasteiger partial charge in [0.25, 0.3) is 10.1 Å². The van der Waals surface area contributed by atoms with E-state index in [2.05, 4.69) is 6.92 Å². The molecule has 0 aromatic heterocycles. The first kappa shape index (κ1) is 17.3. The zero-order valence-electron chi connectivity index (χ0n) is 10.6. The first-order valence-corrected chi connectivity index (χ1v) is 6.23. The summed E-state index contributed by atoms with van der Waals surface area (Å²) < 4.78 is 26.7. The molecule has 6 heteroatoms. The summed E-state index contributed by atoms with van der Waals surface area (Å²) in [6, 6.07) is 0. The molecule has 0 bridgehead atoms. The number of rotatable bonds is 7. The van der Waals surface area contributed by atoms with Gasteiger partial charge in [0, 0.05) is 13.6 Å². The SMILES string of the molecule is CCCCCN(C)OS(=O)(=O)CC.[H-].[Na+]. The number of hydrogen-bond acceptors (Lipinski definition) is 4. The molecule has 0 aliphatic rings. The fourth-order valence-corrected chi connectivity index (χ4v) is 1.44. The Morgan fingerprint density at radius 2 is 1.86 bits per heavy atom. The molecule has 0 aliphatic heterocycles. The van der Waals surface area contributed by atoms with Crippen LogP contribution in [0.2, 0.25) is 0 Å². The molecule has 0 radical (unpaired) electrons. The van der Waals surface area contributed by atoms with E-state index in [9.17, 15) is 8.42 Å². The van der Waals surface area contributed by atoms with E-state index < -0.39 is 10.1 Å². The van der Waals surface area contributed by atoms with Crippen LogP contribution in [0.25, 0.3) is 0 Å². The molecule has 4 nitrogen and oxygen atoms in total. The Hall–Kier alpha value is 0.870. The van der Waals surface area contributed by atoms with Crippen LogP contribution in [0.1, 0.15) is 34.5 Å². The Bertz CT molecular complexity index is 224. The third kappa shape index (κ3) is 9.43. The monoisotopic (exact) mass is 233 g/mol. The van der Waals surface area contributed by atoms with Gasteiger partial charge >= 0.3 is 29.6 Å². The van der Waals surface area contributed by atoms with E-state index in [4.69, 9.17) is 4.28 Å². The number of hydroxylamine groups is 2. The minimum Gasteiger partial charge on any atom is -1.00 e. The second-order valence-corrected chi connectivity index (χ2v) is 4.82. The molecule has 14 heavy (non-hydrogen) atoms. The van der Waals surface area contributed by atoms with Crippen molar-refractivity contribution in [1.29, 1.82) is 0 Å². The summed E-state index contributed by atoms with van der Waals surface area (Å²) in [7, 11) is -1.69. The Balaban J connectivity index is -0.000000720. The summed E-state index contributed by atoms with van der Waals surface area (Å²) >= 11 is 0. The summed E-state index contributed by atoms with van der Waals surface area (Å²) in [4.78, 5) is 0. The van der Waals surface area contributed by atoms with Crippen LogP contribution in [0.3, 0.4) is 0 Å². The normalized spacial score (nSPS) is 11.4. The Labute approximate surface area is 111 Å². The van der Waals surface area contributed by atoms with Gasteiger partial charge in [-0.2, -0.15) is 17.8 Å². The molecule has 0 rings (SSSR count). The molecule has 0 saturated carbocycles. The van der Waals surface area contributed by atoms with Gasteiger partial charge in [-0.15, -0.1) is 0 Å². The van der Waals surface area contributed by atoms with Gasteiger partial charge in [-0.1, -0.05) is 19.8 Å². The first-order valence-electron chi connectivity index (χ1n) is 4.65. The first-order chi connectivity index (χ1) is 6.02. The topological polar surface area (TPSA) is 46.6 Å². The molecular weight excluding hydrogens is 213 g/mol. The van der Waals surface area contributed by atoms with Crippen molar-refractivity contribution in [2.45, 2.75) is 33.1 Å². The van der Waals surface area contributed by atoms with Gasteiger partial charge in [0.2, 0.25) is 0 Å². The van der Waals surface area contributed by atoms with Crippen molar-refractivity contribution in [3.8, 4) is 0 Å². The van der Waals surface area contributed by atoms with Crippen molar-refractivity contribution in [2.24, 2.45) is 0 Å². The predicted octanol–water partition coefficient (Wildman–Crippen LogP) is -1.49. The fourth-order valence-electron chi connectivity index (χ4n) is 0.868. The Morgan fingerprint density at radius 3 is 2.29 bits per heavy atom. The molecule has 82 valence electrons. The summed E-state index contributed by atoms with van der Waals surface area (Å²) in [6.45, 7) is 4.33. The van der Waals surface area contributed by atoms with Gasteiger partial charge < -0.3 is 1.43 Å². The smallest absolute Gasteiger partial charge is 1.00 e. The Morgan fingerprint density at radius 1 is 1.29 bits per heavy atom. The van der Waals surface area contributed by atoms with Crippen molar-refractivity contribution in [3.05, 3.63) is 0 Å². The van der Waals surface area contributed by atoms with Gasteiger partial charge in [0.15, 0.2) is 0 Å². The van der Waals surface area contributed by atoms with E-state index in [1.807, 2.05) is 0 Å². The molecule has 0 spiro atoms. The summed E-state index contributed by atoms with van der Waals surface area (Å²) in [5, 5.41) is 1.38. The van der Waals surface area contributed by atoms with Gasteiger partial charge in [0.1, 0.15) is 0 Å². The fraction of sp³-hybridized carbons (Fsp3) is 1.00. The Kier molecular flexibility index (Phi) is 11.3. The van der Waals surface area contributed by atoms with E-state index in [0.29, 0.717) is 6.54 Å². The zero-order valence-corrected chi connectivity index (χ0v) is 12.4. The van der Waals surface area contributed by atoms with Crippen LogP contribution in [-0.4, -0.2) is 32.8 Å². The molecule has 0 atom stereocenters. The third-order valence-corrected chi connectivity index (χ3v) is 2.86. The maximum atomic E-state index is 11.0. The van der Waals surface area contributed by atoms with Crippen molar-refractivity contribution in [3.63, 3.8) is 0 Å². The van der Waals surface area contributed by atoms with Crippen LogP contribution in [-0.2, 0) is 14.4 Å². The number of hydrogen-bond donors (Lipinski definition) is 0. The molecule has 0 aliphatic carbocycles. The van der Waals surface area contributed by atoms with Crippen LogP contribution in [0.5, 0.6) is 0 Å². The van der Waals surface area contributed by atoms with Crippen molar-refractivity contribution in [2.75, 3.05) is 19.3 Å². The minimum absolute atomic E-state index is 0. The molecule has 0 saturated heterocycles. The number of unbranched alkanes of at least 4 members (excludes halogenated alkanes) is 2. The molecule has 0 N–H and O–H groups in total. The largest absolute Gasteiger partial charge is 1.00 e. The van der Waals surface area contributed by atoms with E-state index >= 15 is 0 Å². The van der Waals surface area contributed by atoms with Crippen molar-refractivity contribution < 1.29 is 43.7 Å². The predicted molar refractivity (Wildman–Crippen MR) is 53.8 cm³/mol. The summed E-state index contributed by atoms with van der Waals surface area (Å²) in [5.41, 5.74) is 0. The molecular formula is C8H20NNaO3S. The van der Waals surface area contributed by atoms with Crippen molar-refractivity contribution in [1.82, 2.24) is 5.06 Å². The number of nitrogens with zero attached hydrogens (tertiary/aromatic N) is 1.